The van der Waals surface area contributed by atoms with Gasteiger partial charge in [0.25, 0.3) is 21.9 Å². The first-order chi connectivity index (χ1) is 11.4. The van der Waals surface area contributed by atoms with Crippen LogP contribution in [0.4, 0.5) is 0 Å². The van der Waals surface area contributed by atoms with Gasteiger partial charge in [-0.25, -0.2) is 8.42 Å². The second-order valence-electron chi connectivity index (χ2n) is 5.31. The lowest BCUT2D eigenvalue weighted by atomic mass is 10.1. The summed E-state index contributed by atoms with van der Waals surface area (Å²) in [5, 5.41) is 0.306. The second-order valence-corrected chi connectivity index (χ2v) is 9.15. The molecule has 0 radical (unpaired) electrons. The number of amides is 3. The number of sulfone groups is 1. The fourth-order valence-corrected chi connectivity index (χ4v) is 1.54. The zero-order valence-electron chi connectivity index (χ0n) is 15.1. The summed E-state index contributed by atoms with van der Waals surface area (Å²) in [6.45, 7) is 3.99. The van der Waals surface area contributed by atoms with E-state index in [2.05, 4.69) is 9.12 Å². The van der Waals surface area contributed by atoms with E-state index in [9.17, 15) is 36.0 Å². The van der Waals surface area contributed by atoms with Crippen molar-refractivity contribution in [3.8, 4) is 0 Å². The summed E-state index contributed by atoms with van der Waals surface area (Å²) in [7, 11) is -6.48. The quantitative estimate of drug-likeness (QED) is 0.412. The highest BCUT2D eigenvalue weighted by Gasteiger charge is 2.38. The van der Waals surface area contributed by atoms with E-state index in [-0.39, 0.29) is 12.3 Å². The Balaban J connectivity index is 0. The lowest BCUT2D eigenvalue weighted by molar-refractivity contribution is -0.164. The average Bonchev–Trinajstić information content (AvgIpc) is 2.60. The molecule has 0 spiro atoms. The molecule has 14 heteroatoms. The summed E-state index contributed by atoms with van der Waals surface area (Å²) in [6, 6.07) is 0. The molecule has 3 amide bonds. The molecule has 1 rings (SSSR count). The Morgan fingerprint density at radius 2 is 1.50 bits per heavy atom. The number of hydrogen-bond acceptors (Lipinski definition) is 10. The molecule has 0 bridgehead atoms. The SMILES string of the molecule is CC(=O)NOC(C)=O.CC1CC(=O)N(OS(C)(=O)=O)C1=O.CS(C)(=O)=O. The first-order valence-electron chi connectivity index (χ1n) is 6.79. The Morgan fingerprint density at radius 1 is 1.08 bits per heavy atom. The molecule has 0 aromatic carbocycles. The van der Waals surface area contributed by atoms with Gasteiger partial charge in [0.15, 0.2) is 0 Å². The maximum absolute atomic E-state index is 11.1. The lowest BCUT2D eigenvalue weighted by Gasteiger charge is -2.10. The zero-order valence-corrected chi connectivity index (χ0v) is 16.8. The predicted molar refractivity (Wildman–Crippen MR) is 87.9 cm³/mol. The number of carbonyl (C=O) groups excluding carboxylic acids is 4. The minimum absolute atomic E-state index is 0.00560. The Kier molecular flexibility index (Phi) is 10.9. The first-order valence-corrected chi connectivity index (χ1v) is 10.9. The molecular formula is C12H22N2O10S2. The van der Waals surface area contributed by atoms with Crippen molar-refractivity contribution in [2.75, 3.05) is 18.8 Å². The molecule has 0 aromatic heterocycles. The summed E-state index contributed by atoms with van der Waals surface area (Å²) >= 11 is 0. The van der Waals surface area contributed by atoms with Gasteiger partial charge in [-0.2, -0.15) is 13.9 Å². The number of nitrogens with one attached hydrogen (secondary N) is 1. The number of imide groups is 1. The monoisotopic (exact) mass is 418 g/mol. The van der Waals surface area contributed by atoms with Crippen molar-refractivity contribution < 1.29 is 45.1 Å². The van der Waals surface area contributed by atoms with Crippen LogP contribution in [0, 0.1) is 5.92 Å². The van der Waals surface area contributed by atoms with Gasteiger partial charge >= 0.3 is 5.97 Å². The molecule has 1 saturated heterocycles. The van der Waals surface area contributed by atoms with Crippen LogP contribution < -0.4 is 5.48 Å². The molecule has 1 N–H and O–H groups in total. The van der Waals surface area contributed by atoms with E-state index in [1.807, 2.05) is 5.48 Å². The summed E-state index contributed by atoms with van der Waals surface area (Å²) < 4.78 is 44.7. The van der Waals surface area contributed by atoms with E-state index >= 15 is 0 Å². The number of nitrogens with zero attached hydrogens (tertiary/aromatic N) is 1. The van der Waals surface area contributed by atoms with Crippen molar-refractivity contribution in [3.63, 3.8) is 0 Å². The summed E-state index contributed by atoms with van der Waals surface area (Å²) in [4.78, 5) is 46.0. The van der Waals surface area contributed by atoms with Crippen molar-refractivity contribution in [1.82, 2.24) is 10.5 Å². The molecule has 1 heterocycles. The zero-order chi connectivity index (χ0) is 21.3. The molecule has 0 aliphatic carbocycles. The van der Waals surface area contributed by atoms with Crippen LogP contribution in [0.15, 0.2) is 0 Å². The molecular weight excluding hydrogens is 396 g/mol. The van der Waals surface area contributed by atoms with Gasteiger partial charge in [0.1, 0.15) is 9.84 Å². The second kappa shape index (κ2) is 10.8. The summed E-state index contributed by atoms with van der Waals surface area (Å²) in [6.07, 6.45) is 3.09. The van der Waals surface area contributed by atoms with Crippen molar-refractivity contribution in [1.29, 1.82) is 0 Å². The van der Waals surface area contributed by atoms with Crippen LogP contribution in [0.2, 0.25) is 0 Å². The van der Waals surface area contributed by atoms with Crippen molar-refractivity contribution in [3.05, 3.63) is 0 Å². The van der Waals surface area contributed by atoms with Gasteiger partial charge in [0.2, 0.25) is 5.91 Å². The highest BCUT2D eigenvalue weighted by molar-refractivity contribution is 7.89. The van der Waals surface area contributed by atoms with Gasteiger partial charge in [0.05, 0.1) is 6.26 Å². The van der Waals surface area contributed by atoms with Crippen LogP contribution in [-0.2, 0) is 48.3 Å². The number of hydroxylamine groups is 3. The third kappa shape index (κ3) is 16.8. The maximum Gasteiger partial charge on any atom is 0.329 e. The average molecular weight is 418 g/mol. The standard InChI is InChI=1S/C6H9NO5S.C4H7NO3.C2H6O2S/c1-4-3-5(8)7(6(4)9)12-13(2,10)11;1-3(6)5-8-4(2)7;1-5(2,3)4/h4H,3H2,1-2H3;1-2H3,(H,5,6);1-2H3. The topological polar surface area (TPSA) is 170 Å². The van der Waals surface area contributed by atoms with Gasteiger partial charge < -0.3 is 4.84 Å². The predicted octanol–water partition coefficient (Wildman–Crippen LogP) is -1.47. The van der Waals surface area contributed by atoms with Crippen LogP contribution in [0.1, 0.15) is 27.2 Å². The third-order valence-electron chi connectivity index (χ3n) is 1.88. The Labute approximate surface area is 151 Å². The lowest BCUT2D eigenvalue weighted by Crippen LogP contribution is -2.32. The summed E-state index contributed by atoms with van der Waals surface area (Å²) in [5.74, 6) is -2.66. The fraction of sp³-hybridized carbons (Fsp3) is 0.667. The molecule has 0 saturated carbocycles. The molecule has 12 nitrogen and oxygen atoms in total. The van der Waals surface area contributed by atoms with E-state index in [0.717, 1.165) is 18.8 Å². The van der Waals surface area contributed by atoms with E-state index in [1.165, 1.54) is 20.8 Å². The minimum atomic E-state index is -3.81. The van der Waals surface area contributed by atoms with E-state index in [4.69, 9.17) is 0 Å². The largest absolute Gasteiger partial charge is 0.341 e. The Bertz CT molecular complexity index is 720. The van der Waals surface area contributed by atoms with Crippen LogP contribution in [-0.4, -0.2) is 64.4 Å². The molecule has 1 aliphatic rings. The Morgan fingerprint density at radius 3 is 1.69 bits per heavy atom. The smallest absolute Gasteiger partial charge is 0.329 e. The molecule has 0 aromatic rings. The fourth-order valence-electron chi connectivity index (χ4n) is 1.11. The minimum Gasteiger partial charge on any atom is -0.341 e. The molecule has 1 aliphatic heterocycles. The molecule has 26 heavy (non-hydrogen) atoms. The van der Waals surface area contributed by atoms with Gasteiger partial charge in [-0.1, -0.05) is 6.92 Å². The van der Waals surface area contributed by atoms with Crippen molar-refractivity contribution in [2.45, 2.75) is 27.2 Å². The maximum atomic E-state index is 11.1. The van der Waals surface area contributed by atoms with Gasteiger partial charge in [-0.3, -0.25) is 19.2 Å². The first kappa shape index (κ1) is 26.2. The number of carbonyl (C=O) groups is 4. The molecule has 1 atom stereocenters. The van der Waals surface area contributed by atoms with Crippen LogP contribution in [0.5, 0.6) is 0 Å². The van der Waals surface area contributed by atoms with E-state index in [1.54, 1.807) is 0 Å². The van der Waals surface area contributed by atoms with Crippen molar-refractivity contribution >= 4 is 43.6 Å². The normalized spacial score (nSPS) is 16.7. The number of hydrogen-bond donors (Lipinski definition) is 1. The van der Waals surface area contributed by atoms with Crippen LogP contribution >= 0.6 is 0 Å². The summed E-state index contributed by atoms with van der Waals surface area (Å²) in [5.41, 5.74) is 1.86. The van der Waals surface area contributed by atoms with Gasteiger partial charge in [-0.05, 0) is 0 Å². The number of rotatable bonds is 2. The van der Waals surface area contributed by atoms with E-state index in [0.29, 0.717) is 5.06 Å². The van der Waals surface area contributed by atoms with Crippen molar-refractivity contribution in [2.24, 2.45) is 5.92 Å². The van der Waals surface area contributed by atoms with Gasteiger partial charge in [0, 0.05) is 38.7 Å². The van der Waals surface area contributed by atoms with Gasteiger partial charge in [-0.15, -0.1) is 9.35 Å². The molecule has 152 valence electrons. The van der Waals surface area contributed by atoms with Crippen LogP contribution in [0.3, 0.4) is 0 Å². The Hall–Kier alpha value is -2.06. The highest BCUT2D eigenvalue weighted by Crippen LogP contribution is 2.19. The third-order valence-corrected chi connectivity index (χ3v) is 2.30. The van der Waals surface area contributed by atoms with Crippen LogP contribution in [0.25, 0.3) is 0 Å². The highest BCUT2D eigenvalue weighted by atomic mass is 32.2. The molecule has 1 unspecified atom stereocenters. The van der Waals surface area contributed by atoms with E-state index < -0.39 is 43.7 Å². The molecule has 1 fully saturated rings.